The molecule has 1 amide bonds. The Balaban J connectivity index is 2.15. The van der Waals surface area contributed by atoms with Gasteiger partial charge in [0.1, 0.15) is 5.76 Å². The van der Waals surface area contributed by atoms with Gasteiger partial charge in [-0.3, -0.25) is 4.79 Å². The molecule has 0 saturated carbocycles. The van der Waals surface area contributed by atoms with Crippen molar-refractivity contribution in [1.82, 2.24) is 0 Å². The van der Waals surface area contributed by atoms with E-state index in [1.165, 1.54) is 7.11 Å². The van der Waals surface area contributed by atoms with Crippen LogP contribution < -0.4 is 20.5 Å². The van der Waals surface area contributed by atoms with Crippen LogP contribution in [0.5, 0.6) is 11.5 Å². The highest BCUT2D eigenvalue weighted by atomic mass is 16.5. The predicted octanol–water partition coefficient (Wildman–Crippen LogP) is 2.01. The topological polar surface area (TPSA) is 86.7 Å². The highest BCUT2D eigenvalue weighted by Crippen LogP contribution is 2.29. The van der Waals surface area contributed by atoms with Gasteiger partial charge in [0.25, 0.3) is 5.91 Å². The first-order valence-corrected chi connectivity index (χ1v) is 6.00. The summed E-state index contributed by atoms with van der Waals surface area (Å²) in [5, 5.41) is 2.71. The third-order valence-corrected chi connectivity index (χ3v) is 2.73. The first-order valence-electron chi connectivity index (χ1n) is 6.00. The molecule has 2 aromatic rings. The van der Waals surface area contributed by atoms with E-state index < -0.39 is 0 Å². The van der Waals surface area contributed by atoms with Crippen LogP contribution in [0.4, 0.5) is 5.69 Å². The Labute approximate surface area is 116 Å². The fraction of sp³-hybridized carbons (Fsp3) is 0.214. The van der Waals surface area contributed by atoms with Crippen LogP contribution in [0.3, 0.4) is 0 Å². The molecule has 0 unspecified atom stereocenters. The summed E-state index contributed by atoms with van der Waals surface area (Å²) in [6.45, 7) is 0.254. The molecule has 3 N–H and O–H groups in total. The van der Waals surface area contributed by atoms with Crippen LogP contribution in [-0.4, -0.2) is 20.1 Å². The van der Waals surface area contributed by atoms with E-state index in [9.17, 15) is 4.79 Å². The van der Waals surface area contributed by atoms with Crippen molar-refractivity contribution in [2.45, 2.75) is 6.54 Å². The molecule has 1 heterocycles. The van der Waals surface area contributed by atoms with Gasteiger partial charge in [-0.05, 0) is 24.3 Å². The SMILES string of the molecule is COc1ccc(NC(=O)c2ccc(CN)o2)cc1OC. The van der Waals surface area contributed by atoms with Crippen LogP contribution in [-0.2, 0) is 6.54 Å². The number of anilines is 1. The molecule has 1 aromatic carbocycles. The highest BCUT2D eigenvalue weighted by Gasteiger charge is 2.12. The maximum Gasteiger partial charge on any atom is 0.291 e. The Kier molecular flexibility index (Phi) is 4.27. The Morgan fingerprint density at radius 3 is 2.55 bits per heavy atom. The second kappa shape index (κ2) is 6.12. The summed E-state index contributed by atoms with van der Waals surface area (Å²) in [6.07, 6.45) is 0. The molecule has 6 nitrogen and oxygen atoms in total. The van der Waals surface area contributed by atoms with Crippen molar-refractivity contribution in [2.75, 3.05) is 19.5 Å². The first kappa shape index (κ1) is 14.0. The number of methoxy groups -OCH3 is 2. The first-order chi connectivity index (χ1) is 9.67. The number of rotatable bonds is 5. The van der Waals surface area contributed by atoms with E-state index in [1.54, 1.807) is 37.4 Å². The zero-order chi connectivity index (χ0) is 14.5. The summed E-state index contributed by atoms with van der Waals surface area (Å²) in [4.78, 5) is 12.0. The lowest BCUT2D eigenvalue weighted by molar-refractivity contribution is 0.0995. The number of benzene rings is 1. The smallest absolute Gasteiger partial charge is 0.291 e. The summed E-state index contributed by atoms with van der Waals surface area (Å²) in [5.41, 5.74) is 6.01. The molecule has 0 bridgehead atoms. The van der Waals surface area contributed by atoms with Crippen molar-refractivity contribution < 1.29 is 18.7 Å². The molecule has 0 radical (unpaired) electrons. The number of nitrogens with one attached hydrogen (secondary N) is 1. The summed E-state index contributed by atoms with van der Waals surface area (Å²) < 4.78 is 15.6. The summed E-state index contributed by atoms with van der Waals surface area (Å²) in [5.74, 6) is 1.54. The molecular formula is C14H16N2O4. The molecule has 1 aromatic heterocycles. The number of furan rings is 1. The van der Waals surface area contributed by atoms with Gasteiger partial charge in [0, 0.05) is 11.8 Å². The van der Waals surface area contributed by atoms with Crippen molar-refractivity contribution in [3.63, 3.8) is 0 Å². The zero-order valence-corrected chi connectivity index (χ0v) is 11.3. The number of carbonyl (C=O) groups excluding carboxylic acids is 1. The molecule has 0 spiro atoms. The zero-order valence-electron chi connectivity index (χ0n) is 11.3. The molecule has 6 heteroatoms. The largest absolute Gasteiger partial charge is 0.493 e. The average molecular weight is 276 g/mol. The van der Waals surface area contributed by atoms with Gasteiger partial charge in [0.15, 0.2) is 17.3 Å². The Bertz CT molecular complexity index is 607. The predicted molar refractivity (Wildman–Crippen MR) is 74.1 cm³/mol. The third kappa shape index (κ3) is 2.92. The van der Waals surface area contributed by atoms with E-state index >= 15 is 0 Å². The minimum absolute atomic E-state index is 0.209. The number of hydrogen-bond donors (Lipinski definition) is 2. The van der Waals surface area contributed by atoms with Crippen LogP contribution >= 0.6 is 0 Å². The normalized spacial score (nSPS) is 10.2. The van der Waals surface area contributed by atoms with Gasteiger partial charge in [-0.2, -0.15) is 0 Å². The molecule has 20 heavy (non-hydrogen) atoms. The van der Waals surface area contributed by atoms with Crippen LogP contribution in [0.2, 0.25) is 0 Å². The van der Waals surface area contributed by atoms with Crippen LogP contribution in [0.1, 0.15) is 16.3 Å². The van der Waals surface area contributed by atoms with Crippen LogP contribution in [0, 0.1) is 0 Å². The van der Waals surface area contributed by atoms with Crippen LogP contribution in [0.25, 0.3) is 0 Å². The van der Waals surface area contributed by atoms with Gasteiger partial charge in [0.05, 0.1) is 20.8 Å². The molecule has 0 aliphatic heterocycles. The molecule has 0 aliphatic carbocycles. The minimum Gasteiger partial charge on any atom is -0.493 e. The lowest BCUT2D eigenvalue weighted by atomic mass is 10.2. The Morgan fingerprint density at radius 2 is 1.95 bits per heavy atom. The molecule has 0 atom stereocenters. The molecule has 0 aliphatic rings. The van der Waals surface area contributed by atoms with Crippen molar-refractivity contribution >= 4 is 11.6 Å². The van der Waals surface area contributed by atoms with Crippen molar-refractivity contribution in [3.05, 3.63) is 41.9 Å². The number of carbonyl (C=O) groups is 1. The monoisotopic (exact) mass is 276 g/mol. The number of ether oxygens (including phenoxy) is 2. The second-order valence-electron chi connectivity index (χ2n) is 3.99. The van der Waals surface area contributed by atoms with Gasteiger partial charge in [-0.1, -0.05) is 0 Å². The van der Waals surface area contributed by atoms with E-state index in [-0.39, 0.29) is 18.2 Å². The van der Waals surface area contributed by atoms with Crippen LogP contribution in [0.15, 0.2) is 34.7 Å². The number of nitrogens with two attached hydrogens (primary N) is 1. The van der Waals surface area contributed by atoms with Gasteiger partial charge in [-0.25, -0.2) is 0 Å². The molecular weight excluding hydrogens is 260 g/mol. The van der Waals surface area contributed by atoms with E-state index in [0.29, 0.717) is 22.9 Å². The van der Waals surface area contributed by atoms with Gasteiger partial charge in [0.2, 0.25) is 0 Å². The summed E-state index contributed by atoms with van der Waals surface area (Å²) >= 11 is 0. The standard InChI is InChI=1S/C14H16N2O4/c1-18-11-5-3-9(7-13(11)19-2)16-14(17)12-6-4-10(8-15)20-12/h3-7H,8,15H2,1-2H3,(H,16,17). The van der Waals surface area contributed by atoms with E-state index in [2.05, 4.69) is 5.32 Å². The molecule has 0 fully saturated rings. The second-order valence-corrected chi connectivity index (χ2v) is 3.99. The number of hydrogen-bond acceptors (Lipinski definition) is 5. The van der Waals surface area contributed by atoms with Crippen molar-refractivity contribution in [3.8, 4) is 11.5 Å². The van der Waals surface area contributed by atoms with Crippen molar-refractivity contribution in [2.24, 2.45) is 5.73 Å². The third-order valence-electron chi connectivity index (χ3n) is 2.73. The van der Waals surface area contributed by atoms with Gasteiger partial charge in [-0.15, -0.1) is 0 Å². The minimum atomic E-state index is -0.350. The Morgan fingerprint density at radius 1 is 1.20 bits per heavy atom. The quantitative estimate of drug-likeness (QED) is 0.872. The molecule has 0 saturated heterocycles. The summed E-state index contributed by atoms with van der Waals surface area (Å²) in [6, 6.07) is 8.35. The van der Waals surface area contributed by atoms with Crippen molar-refractivity contribution in [1.29, 1.82) is 0 Å². The summed E-state index contributed by atoms with van der Waals surface area (Å²) in [7, 11) is 3.08. The Hall–Kier alpha value is -2.47. The molecule has 2 rings (SSSR count). The fourth-order valence-corrected chi connectivity index (χ4v) is 1.72. The average Bonchev–Trinajstić information content (AvgIpc) is 2.96. The van der Waals surface area contributed by atoms with Gasteiger partial charge < -0.3 is 24.9 Å². The fourth-order valence-electron chi connectivity index (χ4n) is 1.72. The maximum atomic E-state index is 12.0. The lowest BCUT2D eigenvalue weighted by Crippen LogP contribution is -2.11. The van der Waals surface area contributed by atoms with E-state index in [4.69, 9.17) is 19.6 Å². The highest BCUT2D eigenvalue weighted by molar-refractivity contribution is 6.02. The van der Waals surface area contributed by atoms with Gasteiger partial charge >= 0.3 is 0 Å². The maximum absolute atomic E-state index is 12.0. The molecule has 106 valence electrons. The number of amides is 1. The lowest BCUT2D eigenvalue weighted by Gasteiger charge is -2.09. The van der Waals surface area contributed by atoms with E-state index in [0.717, 1.165) is 0 Å². The van der Waals surface area contributed by atoms with E-state index in [1.807, 2.05) is 0 Å².